The highest BCUT2D eigenvalue weighted by Gasteiger charge is 2.25. The Morgan fingerprint density at radius 3 is 2.35 bits per heavy atom. The Kier molecular flexibility index (Phi) is 4.57. The molecule has 6 heteroatoms. The molecule has 1 aromatic rings. The first-order valence-corrected chi connectivity index (χ1v) is 6.57. The van der Waals surface area contributed by atoms with Gasteiger partial charge >= 0.3 is 0 Å². The van der Waals surface area contributed by atoms with Crippen LogP contribution in [0.3, 0.4) is 0 Å². The number of hydrogen-bond donors (Lipinski definition) is 1. The molecule has 1 aliphatic rings. The maximum Gasteiger partial charge on any atom is 0.257 e. The quantitative estimate of drug-likeness (QED) is 0.839. The number of amides is 2. The first kappa shape index (κ1) is 14.3. The van der Waals surface area contributed by atoms with Gasteiger partial charge in [0, 0.05) is 26.2 Å². The number of nitrogens with zero attached hydrogens (tertiary/aromatic N) is 2. The van der Waals surface area contributed by atoms with Gasteiger partial charge in [0.1, 0.15) is 5.75 Å². The summed E-state index contributed by atoms with van der Waals surface area (Å²) in [5, 5.41) is 0. The van der Waals surface area contributed by atoms with Crippen LogP contribution < -0.4 is 10.5 Å². The second-order valence-electron chi connectivity index (χ2n) is 4.58. The third kappa shape index (κ3) is 2.91. The average Bonchev–Trinajstić information content (AvgIpc) is 2.53. The van der Waals surface area contributed by atoms with Crippen molar-refractivity contribution >= 4 is 11.8 Å². The van der Waals surface area contributed by atoms with Gasteiger partial charge in [0.15, 0.2) is 0 Å². The molecule has 0 aromatic heterocycles. The Morgan fingerprint density at radius 2 is 1.75 bits per heavy atom. The van der Waals surface area contributed by atoms with Gasteiger partial charge in [-0.1, -0.05) is 12.1 Å². The van der Waals surface area contributed by atoms with Crippen molar-refractivity contribution in [3.8, 4) is 5.75 Å². The van der Waals surface area contributed by atoms with Crippen LogP contribution in [0.5, 0.6) is 5.75 Å². The molecule has 1 fully saturated rings. The minimum absolute atomic E-state index is 0.0143. The number of piperazine rings is 1. The Morgan fingerprint density at radius 1 is 1.15 bits per heavy atom. The normalized spacial score (nSPS) is 15.1. The highest BCUT2D eigenvalue weighted by atomic mass is 16.5. The van der Waals surface area contributed by atoms with E-state index < -0.39 is 0 Å². The van der Waals surface area contributed by atoms with Gasteiger partial charge in [0.2, 0.25) is 5.91 Å². The van der Waals surface area contributed by atoms with Gasteiger partial charge in [-0.15, -0.1) is 0 Å². The SMILES string of the molecule is COc1ccccc1C(=O)N1CCN(C(=O)CN)CC1. The van der Waals surface area contributed by atoms with Crippen LogP contribution in [0.15, 0.2) is 24.3 Å². The standard InChI is InChI=1S/C14H19N3O3/c1-20-12-5-3-2-4-11(12)14(19)17-8-6-16(7-9-17)13(18)10-15/h2-5H,6-10,15H2,1H3. The van der Waals surface area contributed by atoms with Crippen LogP contribution in [0.25, 0.3) is 0 Å². The smallest absolute Gasteiger partial charge is 0.257 e. The lowest BCUT2D eigenvalue weighted by atomic mass is 10.1. The van der Waals surface area contributed by atoms with Crippen molar-refractivity contribution < 1.29 is 14.3 Å². The predicted molar refractivity (Wildman–Crippen MR) is 74.5 cm³/mol. The fourth-order valence-electron chi connectivity index (χ4n) is 2.28. The topological polar surface area (TPSA) is 75.9 Å². The minimum Gasteiger partial charge on any atom is -0.496 e. The second-order valence-corrected chi connectivity index (χ2v) is 4.58. The number of carbonyl (C=O) groups excluding carboxylic acids is 2. The summed E-state index contributed by atoms with van der Waals surface area (Å²) in [6.45, 7) is 2.10. The average molecular weight is 277 g/mol. The lowest BCUT2D eigenvalue weighted by Gasteiger charge is -2.34. The van der Waals surface area contributed by atoms with E-state index in [9.17, 15) is 9.59 Å². The summed E-state index contributed by atoms with van der Waals surface area (Å²) in [6.07, 6.45) is 0. The number of para-hydroxylation sites is 1. The summed E-state index contributed by atoms with van der Waals surface area (Å²) in [5.74, 6) is 0.426. The molecule has 108 valence electrons. The molecule has 0 bridgehead atoms. The van der Waals surface area contributed by atoms with Crippen LogP contribution in [-0.2, 0) is 4.79 Å². The fraction of sp³-hybridized carbons (Fsp3) is 0.429. The molecule has 2 amide bonds. The predicted octanol–water partition coefficient (Wildman–Crippen LogP) is -0.0617. The molecule has 0 spiro atoms. The molecule has 0 unspecified atom stereocenters. The van der Waals surface area contributed by atoms with Crippen molar-refractivity contribution in [2.75, 3.05) is 39.8 Å². The summed E-state index contributed by atoms with van der Waals surface area (Å²) < 4.78 is 5.21. The summed E-state index contributed by atoms with van der Waals surface area (Å²) in [4.78, 5) is 27.4. The van der Waals surface area contributed by atoms with Crippen LogP contribution in [0.4, 0.5) is 0 Å². The molecule has 1 heterocycles. The summed E-state index contributed by atoms with van der Waals surface area (Å²) in [6, 6.07) is 7.15. The molecular weight excluding hydrogens is 258 g/mol. The number of rotatable bonds is 3. The fourth-order valence-corrected chi connectivity index (χ4v) is 2.28. The first-order valence-electron chi connectivity index (χ1n) is 6.57. The minimum atomic E-state index is -0.0746. The number of carbonyl (C=O) groups is 2. The number of ether oxygens (including phenoxy) is 1. The number of hydrogen-bond acceptors (Lipinski definition) is 4. The van der Waals surface area contributed by atoms with Crippen molar-refractivity contribution in [3.63, 3.8) is 0 Å². The van der Waals surface area contributed by atoms with Crippen LogP contribution in [-0.4, -0.2) is 61.4 Å². The number of nitrogens with two attached hydrogens (primary N) is 1. The van der Waals surface area contributed by atoms with Crippen molar-refractivity contribution in [1.82, 2.24) is 9.80 Å². The van der Waals surface area contributed by atoms with Gasteiger partial charge < -0.3 is 20.3 Å². The largest absolute Gasteiger partial charge is 0.496 e. The van der Waals surface area contributed by atoms with E-state index in [0.717, 1.165) is 0 Å². The van der Waals surface area contributed by atoms with Gasteiger partial charge in [-0.3, -0.25) is 9.59 Å². The molecular formula is C14H19N3O3. The maximum absolute atomic E-state index is 12.4. The van der Waals surface area contributed by atoms with E-state index in [0.29, 0.717) is 37.5 Å². The number of methoxy groups -OCH3 is 1. The van der Waals surface area contributed by atoms with Crippen LogP contribution in [0, 0.1) is 0 Å². The van der Waals surface area contributed by atoms with E-state index in [2.05, 4.69) is 0 Å². The Hall–Kier alpha value is -2.08. The van der Waals surface area contributed by atoms with Gasteiger partial charge in [-0.05, 0) is 12.1 Å². The zero-order chi connectivity index (χ0) is 14.5. The summed E-state index contributed by atoms with van der Waals surface area (Å²) >= 11 is 0. The zero-order valence-electron chi connectivity index (χ0n) is 11.5. The van der Waals surface area contributed by atoms with Crippen LogP contribution in [0.2, 0.25) is 0 Å². The third-order valence-electron chi connectivity index (χ3n) is 3.43. The number of benzene rings is 1. The Bertz CT molecular complexity index is 496. The molecule has 0 radical (unpaired) electrons. The van der Waals surface area contributed by atoms with Crippen molar-refractivity contribution in [2.24, 2.45) is 5.73 Å². The van der Waals surface area contributed by atoms with Gasteiger partial charge in [0.25, 0.3) is 5.91 Å². The molecule has 2 N–H and O–H groups in total. The van der Waals surface area contributed by atoms with Crippen molar-refractivity contribution in [2.45, 2.75) is 0 Å². The molecule has 2 rings (SSSR count). The molecule has 6 nitrogen and oxygen atoms in total. The first-order chi connectivity index (χ1) is 9.67. The zero-order valence-corrected chi connectivity index (χ0v) is 11.5. The van der Waals surface area contributed by atoms with E-state index in [1.54, 1.807) is 29.0 Å². The molecule has 0 atom stereocenters. The summed E-state index contributed by atoms with van der Waals surface area (Å²) in [5.41, 5.74) is 5.89. The van der Waals surface area contributed by atoms with Gasteiger partial charge in [-0.2, -0.15) is 0 Å². The van der Waals surface area contributed by atoms with Gasteiger partial charge in [0.05, 0.1) is 19.2 Å². The molecule has 1 aromatic carbocycles. The molecule has 1 saturated heterocycles. The van der Waals surface area contributed by atoms with E-state index in [1.165, 1.54) is 0 Å². The van der Waals surface area contributed by atoms with E-state index in [-0.39, 0.29) is 18.4 Å². The van der Waals surface area contributed by atoms with Crippen LogP contribution >= 0.6 is 0 Å². The summed E-state index contributed by atoms with van der Waals surface area (Å²) in [7, 11) is 1.55. The third-order valence-corrected chi connectivity index (χ3v) is 3.43. The van der Waals surface area contributed by atoms with Crippen LogP contribution in [0.1, 0.15) is 10.4 Å². The Labute approximate surface area is 118 Å². The maximum atomic E-state index is 12.4. The Balaban J connectivity index is 2.03. The van der Waals surface area contributed by atoms with Crippen molar-refractivity contribution in [3.05, 3.63) is 29.8 Å². The molecule has 0 saturated carbocycles. The van der Waals surface area contributed by atoms with Gasteiger partial charge in [-0.25, -0.2) is 0 Å². The van der Waals surface area contributed by atoms with E-state index >= 15 is 0 Å². The monoisotopic (exact) mass is 277 g/mol. The lowest BCUT2D eigenvalue weighted by Crippen LogP contribution is -2.51. The molecule has 0 aliphatic carbocycles. The second kappa shape index (κ2) is 6.38. The van der Waals surface area contributed by atoms with E-state index in [1.807, 2.05) is 12.1 Å². The lowest BCUT2D eigenvalue weighted by molar-refractivity contribution is -0.131. The molecule has 1 aliphatic heterocycles. The van der Waals surface area contributed by atoms with E-state index in [4.69, 9.17) is 10.5 Å². The van der Waals surface area contributed by atoms with Crippen molar-refractivity contribution in [1.29, 1.82) is 0 Å². The highest BCUT2D eigenvalue weighted by molar-refractivity contribution is 5.97. The highest BCUT2D eigenvalue weighted by Crippen LogP contribution is 2.20. The molecule has 20 heavy (non-hydrogen) atoms.